The Bertz CT molecular complexity index is 433. The van der Waals surface area contributed by atoms with Crippen molar-refractivity contribution < 1.29 is 4.79 Å². The maximum atomic E-state index is 12.5. The van der Waals surface area contributed by atoms with Crippen molar-refractivity contribution in [1.82, 2.24) is 4.90 Å². The Hall–Kier alpha value is -0.960. The highest BCUT2D eigenvalue weighted by atomic mass is 32.1. The third-order valence-electron chi connectivity index (χ3n) is 3.97. The van der Waals surface area contributed by atoms with E-state index in [-0.39, 0.29) is 5.91 Å². The molecule has 0 radical (unpaired) electrons. The van der Waals surface area contributed by atoms with Crippen molar-refractivity contribution in [2.24, 2.45) is 5.92 Å². The molecule has 1 aliphatic rings. The average molecular weight is 277 g/mol. The minimum absolute atomic E-state index is 0.141. The Kier molecular flexibility index (Phi) is 5.32. The molecular weight excluding hydrogens is 254 g/mol. The molecule has 19 heavy (non-hydrogen) atoms. The van der Waals surface area contributed by atoms with Gasteiger partial charge in [0, 0.05) is 18.0 Å². The molecule has 2 rings (SSSR count). The van der Waals surface area contributed by atoms with Crippen LogP contribution in [0.1, 0.15) is 49.4 Å². The van der Waals surface area contributed by atoms with Gasteiger partial charge in [0.05, 0.1) is 5.56 Å². The fraction of sp³-hybridized carbons (Fsp3) is 0.562. The number of rotatable bonds is 3. The second-order valence-electron chi connectivity index (χ2n) is 5.39. The van der Waals surface area contributed by atoms with Crippen molar-refractivity contribution in [2.45, 2.75) is 43.9 Å². The van der Waals surface area contributed by atoms with Crippen LogP contribution in [0.25, 0.3) is 0 Å². The van der Waals surface area contributed by atoms with Crippen molar-refractivity contribution in [3.05, 3.63) is 29.8 Å². The Morgan fingerprint density at radius 1 is 1.32 bits per heavy atom. The molecule has 0 saturated carbocycles. The lowest BCUT2D eigenvalue weighted by atomic mass is 9.96. The van der Waals surface area contributed by atoms with Crippen LogP contribution in [-0.4, -0.2) is 23.9 Å². The van der Waals surface area contributed by atoms with Gasteiger partial charge in [-0.05, 0) is 37.3 Å². The number of hydrogen-bond acceptors (Lipinski definition) is 2. The van der Waals surface area contributed by atoms with Gasteiger partial charge in [-0.1, -0.05) is 31.9 Å². The first-order chi connectivity index (χ1) is 9.22. The number of carbonyl (C=O) groups excluding carboxylic acids is 1. The molecule has 3 heteroatoms. The SMILES string of the molecule is CCCC1CCCN(C(=O)c2ccccc2S)CC1. The monoisotopic (exact) mass is 277 g/mol. The quantitative estimate of drug-likeness (QED) is 0.827. The fourth-order valence-electron chi connectivity index (χ4n) is 2.89. The van der Waals surface area contributed by atoms with Crippen LogP contribution in [0.4, 0.5) is 0 Å². The van der Waals surface area contributed by atoms with E-state index in [0.717, 1.165) is 42.3 Å². The van der Waals surface area contributed by atoms with Crippen molar-refractivity contribution in [3.63, 3.8) is 0 Å². The third kappa shape index (κ3) is 3.75. The summed E-state index contributed by atoms with van der Waals surface area (Å²) in [5.74, 6) is 0.941. The maximum absolute atomic E-state index is 12.5. The van der Waals surface area contributed by atoms with Crippen molar-refractivity contribution in [2.75, 3.05) is 13.1 Å². The van der Waals surface area contributed by atoms with Crippen molar-refractivity contribution >= 4 is 18.5 Å². The van der Waals surface area contributed by atoms with Crippen LogP contribution < -0.4 is 0 Å². The van der Waals surface area contributed by atoms with Gasteiger partial charge in [0.2, 0.25) is 0 Å². The average Bonchev–Trinajstić information content (AvgIpc) is 2.65. The van der Waals surface area contributed by atoms with Crippen LogP contribution in [0.5, 0.6) is 0 Å². The summed E-state index contributed by atoms with van der Waals surface area (Å²) in [6, 6.07) is 7.58. The Morgan fingerprint density at radius 2 is 2.11 bits per heavy atom. The Balaban J connectivity index is 2.02. The van der Waals surface area contributed by atoms with Crippen LogP contribution >= 0.6 is 12.6 Å². The minimum Gasteiger partial charge on any atom is -0.339 e. The molecule has 1 unspecified atom stereocenters. The largest absolute Gasteiger partial charge is 0.339 e. The van der Waals surface area contributed by atoms with Gasteiger partial charge in [-0.2, -0.15) is 0 Å². The van der Waals surface area contributed by atoms with E-state index >= 15 is 0 Å². The fourth-order valence-corrected chi connectivity index (χ4v) is 3.15. The summed E-state index contributed by atoms with van der Waals surface area (Å²) in [7, 11) is 0. The van der Waals surface area contributed by atoms with Gasteiger partial charge in [-0.3, -0.25) is 4.79 Å². The molecule has 1 amide bonds. The summed E-state index contributed by atoms with van der Waals surface area (Å²) in [5, 5.41) is 0. The zero-order chi connectivity index (χ0) is 13.7. The number of amides is 1. The Labute approximate surface area is 121 Å². The summed E-state index contributed by atoms with van der Waals surface area (Å²) in [5.41, 5.74) is 0.736. The molecular formula is C16H23NOS. The highest BCUT2D eigenvalue weighted by molar-refractivity contribution is 7.80. The predicted octanol–water partition coefficient (Wildman–Crippen LogP) is 4.02. The molecule has 1 aromatic carbocycles. The zero-order valence-corrected chi connectivity index (χ0v) is 12.5. The molecule has 1 atom stereocenters. The van der Waals surface area contributed by atoms with Crippen molar-refractivity contribution in [1.29, 1.82) is 0 Å². The summed E-state index contributed by atoms with van der Waals surface area (Å²) >= 11 is 4.39. The molecule has 104 valence electrons. The lowest BCUT2D eigenvalue weighted by Crippen LogP contribution is -2.32. The molecule has 1 aromatic rings. The van der Waals surface area contributed by atoms with E-state index in [1.807, 2.05) is 29.2 Å². The predicted molar refractivity (Wildman–Crippen MR) is 81.8 cm³/mol. The van der Waals surface area contributed by atoms with E-state index in [9.17, 15) is 4.79 Å². The first kappa shape index (κ1) is 14.4. The lowest BCUT2D eigenvalue weighted by Gasteiger charge is -2.21. The number of nitrogens with zero attached hydrogens (tertiary/aromatic N) is 1. The molecule has 0 bridgehead atoms. The number of likely N-dealkylation sites (tertiary alicyclic amines) is 1. The molecule has 0 aliphatic carbocycles. The van der Waals surface area contributed by atoms with Gasteiger partial charge in [0.15, 0.2) is 0 Å². The van der Waals surface area contributed by atoms with E-state index in [1.165, 1.54) is 19.3 Å². The maximum Gasteiger partial charge on any atom is 0.254 e. The summed E-state index contributed by atoms with van der Waals surface area (Å²) < 4.78 is 0. The standard InChI is InChI=1S/C16H23NOS/c1-2-6-13-7-5-11-17(12-10-13)16(18)14-8-3-4-9-15(14)19/h3-4,8-9,13,19H,2,5-7,10-12H2,1H3. The molecule has 1 heterocycles. The summed E-state index contributed by atoms with van der Waals surface area (Å²) in [4.78, 5) is 15.3. The normalized spacial score (nSPS) is 20.1. The highest BCUT2D eigenvalue weighted by Gasteiger charge is 2.22. The lowest BCUT2D eigenvalue weighted by molar-refractivity contribution is 0.0756. The van der Waals surface area contributed by atoms with Crippen LogP contribution in [0, 0.1) is 5.92 Å². The Morgan fingerprint density at radius 3 is 2.84 bits per heavy atom. The zero-order valence-electron chi connectivity index (χ0n) is 11.6. The molecule has 0 N–H and O–H groups in total. The van der Waals surface area contributed by atoms with E-state index in [4.69, 9.17) is 0 Å². The van der Waals surface area contributed by atoms with Gasteiger partial charge in [-0.25, -0.2) is 0 Å². The second-order valence-corrected chi connectivity index (χ2v) is 5.88. The number of benzene rings is 1. The third-order valence-corrected chi connectivity index (χ3v) is 4.36. The van der Waals surface area contributed by atoms with Crippen molar-refractivity contribution in [3.8, 4) is 0 Å². The topological polar surface area (TPSA) is 20.3 Å². The molecule has 2 nitrogen and oxygen atoms in total. The van der Waals surface area contributed by atoms with Gasteiger partial charge >= 0.3 is 0 Å². The molecule has 1 saturated heterocycles. The molecule has 0 aromatic heterocycles. The first-order valence-electron chi connectivity index (χ1n) is 7.29. The van der Waals surface area contributed by atoms with E-state index in [0.29, 0.717) is 0 Å². The van der Waals surface area contributed by atoms with E-state index < -0.39 is 0 Å². The van der Waals surface area contributed by atoms with Crippen LogP contribution in [0.15, 0.2) is 29.2 Å². The van der Waals surface area contributed by atoms with E-state index in [1.54, 1.807) is 0 Å². The minimum atomic E-state index is 0.141. The highest BCUT2D eigenvalue weighted by Crippen LogP contribution is 2.24. The second kappa shape index (κ2) is 6.99. The van der Waals surface area contributed by atoms with Crippen LogP contribution in [0.3, 0.4) is 0 Å². The van der Waals surface area contributed by atoms with Gasteiger partial charge in [-0.15, -0.1) is 12.6 Å². The van der Waals surface area contributed by atoms with Crippen LogP contribution in [0.2, 0.25) is 0 Å². The number of carbonyl (C=O) groups is 1. The van der Waals surface area contributed by atoms with Gasteiger partial charge in [0.25, 0.3) is 5.91 Å². The molecule has 1 fully saturated rings. The molecule has 1 aliphatic heterocycles. The number of hydrogen-bond donors (Lipinski definition) is 1. The summed E-state index contributed by atoms with van der Waals surface area (Å²) in [6.07, 6.45) is 6.09. The van der Waals surface area contributed by atoms with E-state index in [2.05, 4.69) is 19.6 Å². The van der Waals surface area contributed by atoms with Gasteiger partial charge < -0.3 is 4.90 Å². The summed E-state index contributed by atoms with van der Waals surface area (Å²) in [6.45, 7) is 4.03. The van der Waals surface area contributed by atoms with Gasteiger partial charge in [0.1, 0.15) is 0 Å². The molecule has 0 spiro atoms. The number of thiol groups is 1. The first-order valence-corrected chi connectivity index (χ1v) is 7.74. The van der Waals surface area contributed by atoms with Crippen LogP contribution in [-0.2, 0) is 0 Å². The smallest absolute Gasteiger partial charge is 0.254 e.